The molecule has 0 atom stereocenters. The summed E-state index contributed by atoms with van der Waals surface area (Å²) in [5.74, 6) is -0.194. The number of hydrogen-bond acceptors (Lipinski definition) is 6. The number of sulfonamides is 1. The summed E-state index contributed by atoms with van der Waals surface area (Å²) in [6.45, 7) is 1.45. The Hall–Kier alpha value is -3.23. The van der Waals surface area contributed by atoms with Gasteiger partial charge in [-0.3, -0.25) is 14.3 Å². The largest absolute Gasteiger partial charge is 0.362 e. The van der Waals surface area contributed by atoms with E-state index in [1.54, 1.807) is 42.5 Å². The fourth-order valence-electron chi connectivity index (χ4n) is 2.43. The summed E-state index contributed by atoms with van der Waals surface area (Å²) in [6.07, 6.45) is 2.93. The Balaban J connectivity index is 1.63. The maximum absolute atomic E-state index is 12.5. The van der Waals surface area contributed by atoms with Crippen LogP contribution in [0.3, 0.4) is 0 Å². The zero-order chi connectivity index (χ0) is 20.9. The third-order valence-electron chi connectivity index (χ3n) is 3.96. The van der Waals surface area contributed by atoms with Gasteiger partial charge in [0.15, 0.2) is 11.6 Å². The van der Waals surface area contributed by atoms with Crippen LogP contribution in [0.4, 0.5) is 11.4 Å². The molecule has 2 aromatic carbocycles. The van der Waals surface area contributed by atoms with Gasteiger partial charge in [-0.25, -0.2) is 8.42 Å². The van der Waals surface area contributed by atoms with Crippen molar-refractivity contribution in [3.8, 4) is 0 Å². The highest BCUT2D eigenvalue weighted by atomic mass is 32.2. The number of thiophene rings is 1. The molecule has 0 radical (unpaired) electrons. The Kier molecular flexibility index (Phi) is 6.26. The average Bonchev–Trinajstić information content (AvgIpc) is 3.23. The van der Waals surface area contributed by atoms with Crippen molar-refractivity contribution in [1.82, 2.24) is 0 Å². The van der Waals surface area contributed by atoms with Gasteiger partial charge in [0.25, 0.3) is 10.0 Å². The topological polar surface area (TPSA) is 92.3 Å². The monoisotopic (exact) mass is 426 g/mol. The molecule has 3 aromatic rings. The third-order valence-corrected chi connectivity index (χ3v) is 6.24. The predicted octanol–water partition coefficient (Wildman–Crippen LogP) is 4.56. The second-order valence-corrected chi connectivity index (χ2v) is 8.71. The molecule has 6 nitrogen and oxygen atoms in total. The third kappa shape index (κ3) is 5.40. The lowest BCUT2D eigenvalue weighted by Crippen LogP contribution is -2.13. The van der Waals surface area contributed by atoms with Crippen LogP contribution in [0.2, 0.25) is 0 Å². The van der Waals surface area contributed by atoms with Gasteiger partial charge in [-0.15, -0.1) is 11.3 Å². The van der Waals surface area contributed by atoms with Crippen LogP contribution in [0.1, 0.15) is 27.0 Å². The molecule has 0 aliphatic rings. The molecule has 0 spiro atoms. The zero-order valence-corrected chi connectivity index (χ0v) is 17.1. The molecule has 29 heavy (non-hydrogen) atoms. The van der Waals surface area contributed by atoms with Gasteiger partial charge >= 0.3 is 0 Å². The number of Topliss-reactive ketones (excluding diaryl/α,β-unsaturated/α-hetero) is 1. The first-order valence-electron chi connectivity index (χ1n) is 8.60. The minimum atomic E-state index is -3.76. The molecule has 2 N–H and O–H groups in total. The smallest absolute Gasteiger partial charge is 0.261 e. The maximum atomic E-state index is 12.5. The summed E-state index contributed by atoms with van der Waals surface area (Å²) in [5.41, 5.74) is 1.52. The van der Waals surface area contributed by atoms with E-state index in [4.69, 9.17) is 0 Å². The number of benzene rings is 2. The highest BCUT2D eigenvalue weighted by Crippen LogP contribution is 2.19. The molecule has 8 heteroatoms. The molecule has 0 saturated carbocycles. The van der Waals surface area contributed by atoms with E-state index in [0.29, 0.717) is 21.8 Å². The van der Waals surface area contributed by atoms with Crippen LogP contribution in [-0.4, -0.2) is 20.0 Å². The number of carbonyl (C=O) groups excluding carboxylic acids is 2. The van der Waals surface area contributed by atoms with E-state index < -0.39 is 10.0 Å². The Morgan fingerprint density at radius 2 is 1.59 bits per heavy atom. The van der Waals surface area contributed by atoms with E-state index in [-0.39, 0.29) is 16.5 Å². The molecule has 0 unspecified atom stereocenters. The summed E-state index contributed by atoms with van der Waals surface area (Å²) < 4.78 is 27.5. The minimum absolute atomic E-state index is 0.0892. The molecule has 3 rings (SSSR count). The Morgan fingerprint density at radius 3 is 2.17 bits per heavy atom. The molecule has 0 aliphatic heterocycles. The number of ketones is 2. The number of hydrogen-bond donors (Lipinski definition) is 2. The molecule has 1 heterocycles. The number of rotatable bonds is 8. The average molecular weight is 427 g/mol. The highest BCUT2D eigenvalue weighted by molar-refractivity contribution is 7.92. The lowest BCUT2D eigenvalue weighted by Gasteiger charge is -2.09. The fourth-order valence-corrected chi connectivity index (χ4v) is 4.14. The predicted molar refractivity (Wildman–Crippen MR) is 115 cm³/mol. The van der Waals surface area contributed by atoms with Gasteiger partial charge in [-0.05, 0) is 66.9 Å². The van der Waals surface area contributed by atoms with Gasteiger partial charge in [0, 0.05) is 29.2 Å². The van der Waals surface area contributed by atoms with Gasteiger partial charge in [0.05, 0.1) is 9.77 Å². The van der Waals surface area contributed by atoms with Crippen molar-refractivity contribution in [1.29, 1.82) is 0 Å². The lowest BCUT2D eigenvalue weighted by molar-refractivity contribution is 0.101. The van der Waals surface area contributed by atoms with E-state index in [2.05, 4.69) is 10.0 Å². The molecule has 0 aliphatic carbocycles. The normalized spacial score (nSPS) is 11.3. The number of nitrogens with one attached hydrogen (secondary N) is 2. The molecule has 0 fully saturated rings. The van der Waals surface area contributed by atoms with Crippen LogP contribution in [0.15, 0.2) is 83.2 Å². The van der Waals surface area contributed by atoms with E-state index in [0.717, 1.165) is 0 Å². The summed E-state index contributed by atoms with van der Waals surface area (Å²) in [4.78, 5) is 23.9. The van der Waals surface area contributed by atoms with Crippen molar-refractivity contribution < 1.29 is 18.0 Å². The van der Waals surface area contributed by atoms with Crippen LogP contribution in [0.5, 0.6) is 0 Å². The molecule has 0 bridgehead atoms. The van der Waals surface area contributed by atoms with Crippen molar-refractivity contribution in [3.05, 3.63) is 88.8 Å². The van der Waals surface area contributed by atoms with Crippen LogP contribution in [-0.2, 0) is 10.0 Å². The summed E-state index contributed by atoms with van der Waals surface area (Å²) in [7, 11) is -3.76. The van der Waals surface area contributed by atoms with Crippen molar-refractivity contribution in [2.75, 3.05) is 10.0 Å². The number of anilines is 2. The van der Waals surface area contributed by atoms with Gasteiger partial charge in [0.2, 0.25) is 0 Å². The molecule has 148 valence electrons. The van der Waals surface area contributed by atoms with Crippen molar-refractivity contribution >= 4 is 44.3 Å². The quantitative estimate of drug-likeness (QED) is 0.407. The van der Waals surface area contributed by atoms with Crippen molar-refractivity contribution in [3.63, 3.8) is 0 Å². The van der Waals surface area contributed by atoms with Gasteiger partial charge in [-0.1, -0.05) is 6.07 Å². The summed E-state index contributed by atoms with van der Waals surface area (Å²) >= 11 is 1.37. The van der Waals surface area contributed by atoms with Gasteiger partial charge < -0.3 is 5.32 Å². The van der Waals surface area contributed by atoms with Crippen LogP contribution in [0.25, 0.3) is 0 Å². The Morgan fingerprint density at radius 1 is 0.931 bits per heavy atom. The molecular weight excluding hydrogens is 408 g/mol. The molecular formula is C21H18N2O4S2. The first kappa shape index (κ1) is 20.5. The lowest BCUT2D eigenvalue weighted by atomic mass is 10.1. The summed E-state index contributed by atoms with van der Waals surface area (Å²) in [6, 6.07) is 15.9. The number of carbonyl (C=O) groups is 2. The van der Waals surface area contributed by atoms with E-state index >= 15 is 0 Å². The molecule has 0 saturated heterocycles. The van der Waals surface area contributed by atoms with Crippen LogP contribution >= 0.6 is 11.3 Å². The second kappa shape index (κ2) is 8.85. The molecule has 0 amide bonds. The van der Waals surface area contributed by atoms with Crippen LogP contribution in [0, 0.1) is 0 Å². The van der Waals surface area contributed by atoms with Crippen molar-refractivity contribution in [2.24, 2.45) is 0 Å². The van der Waals surface area contributed by atoms with Gasteiger partial charge in [-0.2, -0.15) is 0 Å². The zero-order valence-electron chi connectivity index (χ0n) is 15.5. The SMILES string of the molecule is CC(=O)c1ccc(NS(=O)(=O)c2ccc(N/C=C/C(=O)c3cccs3)cc2)cc1. The Labute approximate surface area is 173 Å². The maximum Gasteiger partial charge on any atom is 0.261 e. The summed E-state index contributed by atoms with van der Waals surface area (Å²) in [5, 5.41) is 4.77. The minimum Gasteiger partial charge on any atom is -0.362 e. The highest BCUT2D eigenvalue weighted by Gasteiger charge is 2.14. The first-order valence-corrected chi connectivity index (χ1v) is 11.0. The van der Waals surface area contributed by atoms with Crippen LogP contribution < -0.4 is 10.0 Å². The fraction of sp³-hybridized carbons (Fsp3) is 0.0476. The van der Waals surface area contributed by atoms with E-state index in [9.17, 15) is 18.0 Å². The second-order valence-electron chi connectivity index (χ2n) is 6.08. The van der Waals surface area contributed by atoms with E-state index in [1.807, 2.05) is 11.4 Å². The van der Waals surface area contributed by atoms with E-state index in [1.165, 1.54) is 42.7 Å². The first-order chi connectivity index (χ1) is 13.8. The standard InChI is InChI=1S/C21H18N2O4S2/c1-15(24)16-4-6-18(7-5-16)23-29(26,27)19-10-8-17(9-11-19)22-13-12-20(25)21-3-2-14-28-21/h2-14,22-23H,1H3/b13-12+. The number of allylic oxidation sites excluding steroid dienone is 1. The van der Waals surface area contributed by atoms with Crippen molar-refractivity contribution in [2.45, 2.75) is 11.8 Å². The van der Waals surface area contributed by atoms with Gasteiger partial charge in [0.1, 0.15) is 0 Å². The Bertz CT molecular complexity index is 1130. The molecule has 1 aromatic heterocycles.